The minimum absolute atomic E-state index is 0.105. The summed E-state index contributed by atoms with van der Waals surface area (Å²) in [5, 5.41) is 0. The molecule has 6 heteroatoms. The van der Waals surface area contributed by atoms with Crippen LogP contribution in [0.4, 0.5) is 0 Å². The van der Waals surface area contributed by atoms with Gasteiger partial charge in [0.25, 0.3) is 0 Å². The van der Waals surface area contributed by atoms with Crippen LogP contribution in [0.2, 0.25) is 5.82 Å². The van der Waals surface area contributed by atoms with Crippen LogP contribution in [0.25, 0.3) is 0 Å². The van der Waals surface area contributed by atoms with Crippen LogP contribution in [0.3, 0.4) is 0 Å². The van der Waals surface area contributed by atoms with Gasteiger partial charge in [-0.25, -0.2) is 0 Å². The zero-order chi connectivity index (χ0) is 21.6. The molecule has 1 fully saturated rings. The van der Waals surface area contributed by atoms with E-state index in [0.29, 0.717) is 6.61 Å². The van der Waals surface area contributed by atoms with E-state index < -0.39 is 11.3 Å². The van der Waals surface area contributed by atoms with Gasteiger partial charge in [0.05, 0.1) is 25.0 Å². The third-order valence-electron chi connectivity index (χ3n) is 5.61. The molecule has 0 amide bonds. The molecule has 2 aromatic rings. The van der Waals surface area contributed by atoms with Gasteiger partial charge in [0.2, 0.25) is 0 Å². The van der Waals surface area contributed by atoms with Crippen LogP contribution in [0, 0.1) is 11.3 Å². The van der Waals surface area contributed by atoms with Crippen molar-refractivity contribution in [2.45, 2.75) is 45.4 Å². The van der Waals surface area contributed by atoms with Gasteiger partial charge in [-0.1, -0.05) is 74.5 Å². The van der Waals surface area contributed by atoms with Crippen molar-refractivity contribution in [1.29, 1.82) is 0 Å². The smallest absolute Gasteiger partial charge is 0.312 e. The van der Waals surface area contributed by atoms with Crippen LogP contribution in [0.15, 0.2) is 60.7 Å². The van der Waals surface area contributed by atoms with Crippen LogP contribution in [-0.2, 0) is 37.0 Å². The van der Waals surface area contributed by atoms with Crippen LogP contribution >= 0.6 is 0 Å². The van der Waals surface area contributed by atoms with Crippen molar-refractivity contribution in [3.63, 3.8) is 0 Å². The Labute approximate surface area is 179 Å². The van der Waals surface area contributed by atoms with Crippen molar-refractivity contribution < 1.29 is 23.8 Å². The molecule has 3 rings (SSSR count). The van der Waals surface area contributed by atoms with E-state index in [2.05, 4.69) is 0 Å². The Bertz CT molecular complexity index is 839. The number of ether oxygens (including phenoxy) is 3. The van der Waals surface area contributed by atoms with Crippen molar-refractivity contribution in [3.05, 3.63) is 71.8 Å². The molecule has 1 aliphatic heterocycles. The largest absolute Gasteiger partial charge is 0.461 e. The van der Waals surface area contributed by atoms with E-state index in [1.54, 1.807) is 0 Å². The van der Waals surface area contributed by atoms with Crippen LogP contribution < -0.4 is 0 Å². The van der Waals surface area contributed by atoms with Crippen molar-refractivity contribution in [2.75, 3.05) is 6.61 Å². The molecule has 0 radical (unpaired) electrons. The van der Waals surface area contributed by atoms with Crippen molar-refractivity contribution in [3.8, 4) is 0 Å². The van der Waals surface area contributed by atoms with E-state index in [1.807, 2.05) is 82.4 Å². The fourth-order valence-electron chi connectivity index (χ4n) is 3.96. The first kappa shape index (κ1) is 22.1. The minimum atomic E-state index is -0.670. The molecule has 1 saturated heterocycles. The first-order chi connectivity index (χ1) is 14.4. The molecule has 1 heterocycles. The molecule has 1 aliphatic rings. The highest BCUT2D eigenvalue weighted by Gasteiger charge is 2.53. The quantitative estimate of drug-likeness (QED) is 0.496. The summed E-state index contributed by atoms with van der Waals surface area (Å²) in [5.74, 6) is -1.06. The number of carbonyl (C=O) groups is 2. The summed E-state index contributed by atoms with van der Waals surface area (Å²) in [5.41, 5.74) is 1.18. The molecule has 0 spiro atoms. The fourth-order valence-corrected chi connectivity index (χ4v) is 3.96. The molecule has 0 N–H and O–H groups in total. The topological polar surface area (TPSA) is 61.8 Å². The zero-order valence-corrected chi connectivity index (χ0v) is 17.9. The average molecular weight is 408 g/mol. The van der Waals surface area contributed by atoms with E-state index in [1.165, 1.54) is 0 Å². The number of rotatable bonds is 8. The molecule has 0 saturated carbocycles. The summed E-state index contributed by atoms with van der Waals surface area (Å²) in [6.07, 6.45) is -0.186. The second-order valence-corrected chi connectivity index (χ2v) is 8.57. The van der Waals surface area contributed by atoms with Crippen LogP contribution in [0.5, 0.6) is 0 Å². The maximum absolute atomic E-state index is 13.1. The average Bonchev–Trinajstić information content (AvgIpc) is 3.09. The number of carbonyl (C=O) groups excluding carboxylic acids is 2. The Balaban J connectivity index is 1.65. The summed E-state index contributed by atoms with van der Waals surface area (Å²) in [7, 11) is 2.02. The zero-order valence-electron chi connectivity index (χ0n) is 17.9. The molecule has 0 aliphatic carbocycles. The minimum Gasteiger partial charge on any atom is -0.461 e. The molecule has 5 nitrogen and oxygen atoms in total. The fraction of sp³-hybridized carbons (Fsp3) is 0.417. The van der Waals surface area contributed by atoms with Gasteiger partial charge in [0, 0.05) is 5.41 Å². The summed E-state index contributed by atoms with van der Waals surface area (Å²) in [6, 6.07) is 19.1. The lowest BCUT2D eigenvalue weighted by Crippen LogP contribution is -2.40. The maximum Gasteiger partial charge on any atom is 0.312 e. The molecule has 0 bridgehead atoms. The number of esters is 2. The molecule has 2 aromatic carbocycles. The predicted octanol–water partition coefficient (Wildman–Crippen LogP) is 3.33. The van der Waals surface area contributed by atoms with Gasteiger partial charge in [0.15, 0.2) is 0 Å². The lowest BCUT2D eigenvalue weighted by Gasteiger charge is -2.30. The van der Waals surface area contributed by atoms with E-state index in [9.17, 15) is 9.59 Å². The van der Waals surface area contributed by atoms with E-state index in [0.717, 1.165) is 11.1 Å². The Morgan fingerprint density at radius 2 is 1.57 bits per heavy atom. The lowest BCUT2D eigenvalue weighted by atomic mass is 9.69. The van der Waals surface area contributed by atoms with Gasteiger partial charge in [-0.15, -0.1) is 0 Å². The van der Waals surface area contributed by atoms with Gasteiger partial charge >= 0.3 is 11.9 Å². The van der Waals surface area contributed by atoms with Crippen LogP contribution in [0.1, 0.15) is 31.4 Å². The lowest BCUT2D eigenvalue weighted by molar-refractivity contribution is -0.157. The molecule has 2 unspecified atom stereocenters. The SMILES string of the molecule is B[C@H](C)C1OC[C@@](C)(CC(=O)OCc2ccccc2)C1C(=O)OCc1ccccc1. The second-order valence-electron chi connectivity index (χ2n) is 8.57. The standard InChI is InChI=1S/C24H29BO5/c1-17(25)22-21(23(27)29-15-19-11-7-4-8-12-19)24(2,16-30-22)13-20(26)28-14-18-9-5-3-6-10-18/h3-12,17,21-22H,13-16,25H2,1-2H3/t17-,21?,22?,24-/m1/s1. The first-order valence-corrected chi connectivity index (χ1v) is 10.4. The summed E-state index contributed by atoms with van der Waals surface area (Å²) < 4.78 is 17.1. The van der Waals surface area contributed by atoms with Gasteiger partial charge in [-0.3, -0.25) is 9.59 Å². The summed E-state index contributed by atoms with van der Waals surface area (Å²) >= 11 is 0. The molecular formula is C24H29BO5. The van der Waals surface area contributed by atoms with Crippen molar-refractivity contribution in [2.24, 2.45) is 11.3 Å². The third kappa shape index (κ3) is 5.51. The number of hydrogen-bond donors (Lipinski definition) is 0. The normalized spacial score (nSPS) is 24.2. The Morgan fingerprint density at radius 3 is 2.10 bits per heavy atom. The second kappa shape index (κ2) is 9.94. The molecule has 4 atom stereocenters. The van der Waals surface area contributed by atoms with E-state index in [-0.39, 0.29) is 43.5 Å². The highest BCUT2D eigenvalue weighted by atomic mass is 16.5. The van der Waals surface area contributed by atoms with Gasteiger partial charge in [-0.05, 0) is 16.9 Å². The van der Waals surface area contributed by atoms with E-state index >= 15 is 0 Å². The maximum atomic E-state index is 13.1. The Morgan fingerprint density at radius 1 is 1.03 bits per heavy atom. The van der Waals surface area contributed by atoms with Gasteiger partial charge in [-0.2, -0.15) is 0 Å². The molecule has 30 heavy (non-hydrogen) atoms. The highest BCUT2D eigenvalue weighted by Crippen LogP contribution is 2.45. The highest BCUT2D eigenvalue weighted by molar-refractivity contribution is 6.12. The monoisotopic (exact) mass is 408 g/mol. The van der Waals surface area contributed by atoms with Crippen molar-refractivity contribution in [1.82, 2.24) is 0 Å². The van der Waals surface area contributed by atoms with E-state index in [4.69, 9.17) is 14.2 Å². The van der Waals surface area contributed by atoms with Gasteiger partial charge in [0.1, 0.15) is 21.1 Å². The number of benzene rings is 2. The van der Waals surface area contributed by atoms with Crippen molar-refractivity contribution >= 4 is 19.8 Å². The molecule has 0 aromatic heterocycles. The number of hydrogen-bond acceptors (Lipinski definition) is 5. The third-order valence-corrected chi connectivity index (χ3v) is 5.61. The molecular weight excluding hydrogens is 379 g/mol. The summed E-state index contributed by atoms with van der Waals surface area (Å²) in [6.45, 7) is 4.67. The predicted molar refractivity (Wildman–Crippen MR) is 116 cm³/mol. The van der Waals surface area contributed by atoms with Gasteiger partial charge < -0.3 is 14.2 Å². The summed E-state index contributed by atoms with van der Waals surface area (Å²) in [4.78, 5) is 25.6. The Kier molecular flexibility index (Phi) is 7.32. The first-order valence-electron chi connectivity index (χ1n) is 10.4. The van der Waals surface area contributed by atoms with Crippen LogP contribution in [-0.4, -0.2) is 32.5 Å². The Hall–Kier alpha value is -2.60. The molecule has 158 valence electrons.